The monoisotopic (exact) mass is 754 g/mol. The van der Waals surface area contributed by atoms with Crippen LogP contribution in [-0.4, -0.2) is 0 Å². The molecule has 0 saturated carbocycles. The number of nitrogens with zero attached hydrogens (tertiary/aromatic N) is 2. The molecular weight excluding hydrogens is 713 g/mol. The first-order valence-corrected chi connectivity index (χ1v) is 20.5. The molecule has 0 heterocycles. The van der Waals surface area contributed by atoms with Gasteiger partial charge in [-0.1, -0.05) is 172 Å². The van der Waals surface area contributed by atoms with Crippen LogP contribution < -0.4 is 9.80 Å². The topological polar surface area (TPSA) is 6.48 Å². The molecule has 10 aromatic carbocycles. The van der Waals surface area contributed by atoms with E-state index in [1.807, 2.05) is 0 Å². The van der Waals surface area contributed by atoms with Gasteiger partial charge in [0, 0.05) is 38.9 Å². The molecule has 0 amide bonds. The van der Waals surface area contributed by atoms with Crippen molar-refractivity contribution in [1.29, 1.82) is 0 Å². The highest BCUT2D eigenvalue weighted by atomic mass is 15.1. The fourth-order valence-electron chi connectivity index (χ4n) is 9.51. The molecule has 0 atom stereocenters. The lowest BCUT2D eigenvalue weighted by Gasteiger charge is -2.29. The van der Waals surface area contributed by atoms with E-state index in [0.717, 1.165) is 34.1 Å². The lowest BCUT2D eigenvalue weighted by molar-refractivity contribution is 0.660. The van der Waals surface area contributed by atoms with Crippen LogP contribution in [0.25, 0.3) is 54.6 Å². The number of anilines is 6. The maximum Gasteiger partial charge on any atom is 0.0540 e. The molecule has 0 spiro atoms. The molecule has 1 aliphatic rings. The summed E-state index contributed by atoms with van der Waals surface area (Å²) < 4.78 is 0. The predicted octanol–water partition coefficient (Wildman–Crippen LogP) is 16.1. The van der Waals surface area contributed by atoms with Gasteiger partial charge in [-0.15, -0.1) is 0 Å². The second-order valence-corrected chi connectivity index (χ2v) is 16.2. The van der Waals surface area contributed by atoms with Crippen LogP contribution in [0.3, 0.4) is 0 Å². The van der Waals surface area contributed by atoms with E-state index in [1.54, 1.807) is 0 Å². The maximum atomic E-state index is 2.43. The molecule has 0 fully saturated rings. The highest BCUT2D eigenvalue weighted by Crippen LogP contribution is 2.51. The average Bonchev–Trinajstić information content (AvgIpc) is 3.52. The summed E-state index contributed by atoms with van der Waals surface area (Å²) in [5, 5.41) is 7.31. The first-order valence-electron chi connectivity index (χ1n) is 20.5. The highest BCUT2D eigenvalue weighted by molar-refractivity contribution is 6.06. The minimum Gasteiger partial charge on any atom is -0.310 e. The molecule has 2 nitrogen and oxygen atoms in total. The molecule has 0 saturated heterocycles. The number of benzene rings is 10. The predicted molar refractivity (Wildman–Crippen MR) is 251 cm³/mol. The smallest absolute Gasteiger partial charge is 0.0540 e. The third-order valence-corrected chi connectivity index (χ3v) is 12.4. The van der Waals surface area contributed by atoms with Crippen molar-refractivity contribution in [2.45, 2.75) is 19.3 Å². The summed E-state index contributed by atoms with van der Waals surface area (Å²) >= 11 is 0. The molecule has 0 aliphatic heterocycles. The van der Waals surface area contributed by atoms with Gasteiger partial charge in [-0.05, 0) is 116 Å². The van der Waals surface area contributed by atoms with Crippen molar-refractivity contribution >= 4 is 66.4 Å². The number of para-hydroxylation sites is 1. The van der Waals surface area contributed by atoms with E-state index in [-0.39, 0.29) is 5.41 Å². The number of fused-ring (bicyclic) bond motifs is 6. The molecule has 0 aromatic heterocycles. The lowest BCUT2D eigenvalue weighted by atomic mass is 9.82. The number of rotatable bonds is 7. The lowest BCUT2D eigenvalue weighted by Crippen LogP contribution is -2.16. The van der Waals surface area contributed by atoms with Crippen LogP contribution in [0.4, 0.5) is 34.1 Å². The Kier molecular flexibility index (Phi) is 8.20. The summed E-state index contributed by atoms with van der Waals surface area (Å²) in [6.45, 7) is 4.71. The van der Waals surface area contributed by atoms with Crippen molar-refractivity contribution in [3.8, 4) is 22.3 Å². The second-order valence-electron chi connectivity index (χ2n) is 16.2. The van der Waals surface area contributed by atoms with Crippen LogP contribution >= 0.6 is 0 Å². The van der Waals surface area contributed by atoms with Gasteiger partial charge >= 0.3 is 0 Å². The fraction of sp³-hybridized carbons (Fsp3) is 0.0526. The molecule has 0 radical (unpaired) electrons. The van der Waals surface area contributed by atoms with Crippen molar-refractivity contribution in [2.24, 2.45) is 0 Å². The molecule has 0 unspecified atom stereocenters. The third-order valence-electron chi connectivity index (χ3n) is 12.4. The van der Waals surface area contributed by atoms with Gasteiger partial charge in [-0.2, -0.15) is 0 Å². The summed E-state index contributed by atoms with van der Waals surface area (Å²) in [6, 6.07) is 79.9. The van der Waals surface area contributed by atoms with Crippen LogP contribution in [0.2, 0.25) is 0 Å². The van der Waals surface area contributed by atoms with Gasteiger partial charge in [0.05, 0.1) is 11.4 Å². The summed E-state index contributed by atoms with van der Waals surface area (Å²) in [5.41, 5.74) is 14.5. The Hall–Kier alpha value is -7.42. The van der Waals surface area contributed by atoms with Crippen LogP contribution in [0.5, 0.6) is 0 Å². The van der Waals surface area contributed by atoms with E-state index >= 15 is 0 Å². The van der Waals surface area contributed by atoms with Gasteiger partial charge in [-0.25, -0.2) is 0 Å². The van der Waals surface area contributed by atoms with Gasteiger partial charge in [0.25, 0.3) is 0 Å². The molecule has 0 bridgehead atoms. The minimum atomic E-state index is -0.0974. The summed E-state index contributed by atoms with van der Waals surface area (Å²) in [6.07, 6.45) is 0. The van der Waals surface area contributed by atoms with Crippen LogP contribution in [-0.2, 0) is 5.41 Å². The van der Waals surface area contributed by atoms with E-state index in [4.69, 9.17) is 0 Å². The van der Waals surface area contributed by atoms with Crippen LogP contribution in [0.1, 0.15) is 25.0 Å². The standard InChI is InChI=1S/C57H42N2/c1-57(2)53-26-11-10-22-50(53)51-36-35-46(38-54(51)57)58(43-19-4-3-5-20-43)56-28-14-24-49-47(23-13-25-52(49)56)41-30-32-44(33-31-41)59(45-34-29-39-15-6-7-17-42(39)37-45)55-27-12-18-40-16-8-9-21-48(40)55/h3-38H,1-2H3. The average molecular weight is 755 g/mol. The largest absolute Gasteiger partial charge is 0.310 e. The molecule has 2 heteroatoms. The highest BCUT2D eigenvalue weighted by Gasteiger charge is 2.35. The van der Waals surface area contributed by atoms with Crippen molar-refractivity contribution in [3.05, 3.63) is 230 Å². The molecule has 280 valence electrons. The van der Waals surface area contributed by atoms with Crippen LogP contribution in [0.15, 0.2) is 218 Å². The Labute approximate surface area is 345 Å². The van der Waals surface area contributed by atoms with Crippen molar-refractivity contribution in [1.82, 2.24) is 0 Å². The first kappa shape index (κ1) is 34.8. The molecule has 10 aromatic rings. The fourth-order valence-corrected chi connectivity index (χ4v) is 9.51. The van der Waals surface area contributed by atoms with E-state index in [1.165, 1.54) is 65.7 Å². The Bertz CT molecular complexity index is 3190. The molecule has 0 N–H and O–H groups in total. The Morgan fingerprint density at radius 1 is 0.305 bits per heavy atom. The Morgan fingerprint density at radius 3 is 1.66 bits per heavy atom. The summed E-state index contributed by atoms with van der Waals surface area (Å²) in [5.74, 6) is 0. The zero-order chi connectivity index (χ0) is 39.5. The van der Waals surface area contributed by atoms with E-state index < -0.39 is 0 Å². The SMILES string of the molecule is CC1(C)c2ccccc2-c2ccc(N(c3ccccc3)c3cccc4c(-c5ccc(N(c6ccc7ccccc7c6)c6cccc7ccccc67)cc5)cccc34)cc21. The Balaban J connectivity index is 1.03. The zero-order valence-corrected chi connectivity index (χ0v) is 33.2. The summed E-state index contributed by atoms with van der Waals surface area (Å²) in [4.78, 5) is 4.83. The zero-order valence-electron chi connectivity index (χ0n) is 33.2. The maximum absolute atomic E-state index is 2.43. The summed E-state index contributed by atoms with van der Waals surface area (Å²) in [7, 11) is 0. The number of hydrogen-bond donors (Lipinski definition) is 0. The first-order chi connectivity index (χ1) is 29.0. The Morgan fingerprint density at radius 2 is 0.831 bits per heavy atom. The molecular formula is C57H42N2. The second kappa shape index (κ2) is 13.9. The molecule has 11 rings (SSSR count). The van der Waals surface area contributed by atoms with E-state index in [2.05, 4.69) is 242 Å². The van der Waals surface area contributed by atoms with Gasteiger partial charge in [-0.3, -0.25) is 0 Å². The van der Waals surface area contributed by atoms with Gasteiger partial charge < -0.3 is 9.80 Å². The van der Waals surface area contributed by atoms with Gasteiger partial charge in [0.2, 0.25) is 0 Å². The van der Waals surface area contributed by atoms with E-state index in [0.29, 0.717) is 0 Å². The van der Waals surface area contributed by atoms with Crippen molar-refractivity contribution in [3.63, 3.8) is 0 Å². The van der Waals surface area contributed by atoms with Crippen molar-refractivity contribution < 1.29 is 0 Å². The normalized spacial score (nSPS) is 12.7. The minimum absolute atomic E-state index is 0.0974. The van der Waals surface area contributed by atoms with Crippen LogP contribution in [0, 0.1) is 0 Å². The third kappa shape index (κ3) is 5.79. The molecule has 59 heavy (non-hydrogen) atoms. The van der Waals surface area contributed by atoms with Gasteiger partial charge in [0.1, 0.15) is 0 Å². The molecule has 1 aliphatic carbocycles. The quantitative estimate of drug-likeness (QED) is 0.160. The number of hydrogen-bond acceptors (Lipinski definition) is 2. The van der Waals surface area contributed by atoms with E-state index in [9.17, 15) is 0 Å². The van der Waals surface area contributed by atoms with Crippen molar-refractivity contribution in [2.75, 3.05) is 9.80 Å². The van der Waals surface area contributed by atoms with Gasteiger partial charge in [0.15, 0.2) is 0 Å².